The van der Waals surface area contributed by atoms with Gasteiger partial charge in [-0.2, -0.15) is 0 Å². The lowest BCUT2D eigenvalue weighted by molar-refractivity contribution is 0.0173. The zero-order chi connectivity index (χ0) is 26.6. The van der Waals surface area contributed by atoms with Crippen LogP contribution in [0.1, 0.15) is 53.4 Å². The van der Waals surface area contributed by atoms with Crippen molar-refractivity contribution in [1.29, 1.82) is 5.41 Å². The predicted octanol–water partition coefficient (Wildman–Crippen LogP) is 3.07. The van der Waals surface area contributed by atoms with Crippen LogP contribution in [0.4, 0.5) is 0 Å². The van der Waals surface area contributed by atoms with Crippen LogP contribution in [0.15, 0.2) is 59.5 Å². The number of hydrogen-bond donors (Lipinski definition) is 5. The summed E-state index contributed by atoms with van der Waals surface area (Å²) < 4.78 is 33.4. The first-order valence-corrected chi connectivity index (χ1v) is 13.4. The normalized spacial score (nSPS) is 22.4. The van der Waals surface area contributed by atoms with E-state index >= 15 is 0 Å². The van der Waals surface area contributed by atoms with E-state index in [2.05, 4.69) is 21.9 Å². The van der Waals surface area contributed by atoms with Gasteiger partial charge in [0.15, 0.2) is 11.5 Å². The zero-order valence-electron chi connectivity index (χ0n) is 21.9. The van der Waals surface area contributed by atoms with Crippen LogP contribution in [-0.2, 0) is 14.8 Å². The van der Waals surface area contributed by atoms with Crippen LogP contribution in [0.25, 0.3) is 0 Å². The lowest BCUT2D eigenvalue weighted by atomic mass is 10.0. The highest BCUT2D eigenvalue weighted by Gasteiger charge is 2.32. The third kappa shape index (κ3) is 8.96. The second kappa shape index (κ2) is 14.9. The maximum absolute atomic E-state index is 12.9. The van der Waals surface area contributed by atoms with Gasteiger partial charge in [0, 0.05) is 23.5 Å². The number of aliphatic hydroxyl groups is 1. The first kappa shape index (κ1) is 30.6. The zero-order valence-corrected chi connectivity index (χ0v) is 22.7. The second-order valence-electron chi connectivity index (χ2n) is 8.37. The van der Waals surface area contributed by atoms with Gasteiger partial charge in [0.2, 0.25) is 15.9 Å². The van der Waals surface area contributed by atoms with Crippen molar-refractivity contribution in [2.75, 3.05) is 20.7 Å². The summed E-state index contributed by atoms with van der Waals surface area (Å²) in [6.45, 7) is 12.1. The molecule has 3 atom stereocenters. The quantitative estimate of drug-likeness (QED) is 0.118. The van der Waals surface area contributed by atoms with Gasteiger partial charge in [-0.15, -0.1) is 0 Å². The van der Waals surface area contributed by atoms with Gasteiger partial charge in [0.05, 0.1) is 7.11 Å². The van der Waals surface area contributed by atoms with Gasteiger partial charge in [-0.3, -0.25) is 20.8 Å². The van der Waals surface area contributed by atoms with E-state index in [1.165, 1.54) is 7.11 Å². The van der Waals surface area contributed by atoms with E-state index in [-0.39, 0.29) is 18.6 Å². The van der Waals surface area contributed by atoms with E-state index < -0.39 is 21.5 Å². The predicted molar refractivity (Wildman–Crippen MR) is 143 cm³/mol. The molecular weight excluding hydrogens is 466 g/mol. The Morgan fingerprint density at radius 2 is 2.11 bits per heavy atom. The summed E-state index contributed by atoms with van der Waals surface area (Å²) in [5.41, 5.74) is 2.82. The largest absolute Gasteiger partial charge is 0.483 e. The highest BCUT2D eigenvalue weighted by molar-refractivity contribution is 7.91. The minimum atomic E-state index is -3.86. The molecule has 10 heteroatoms. The van der Waals surface area contributed by atoms with Crippen LogP contribution >= 0.6 is 0 Å². The van der Waals surface area contributed by atoms with Crippen LogP contribution in [0.3, 0.4) is 0 Å². The molecule has 1 rings (SSSR count). The number of hydrogen-bond acceptors (Lipinski definition) is 8. The molecule has 9 nitrogen and oxygen atoms in total. The maximum atomic E-state index is 12.9. The number of ether oxygens (including phenoxy) is 1. The molecule has 1 saturated heterocycles. The van der Waals surface area contributed by atoms with Crippen LogP contribution in [-0.4, -0.2) is 62.8 Å². The number of rotatable bonds is 12. The number of sulfonamides is 1. The molecule has 0 aromatic carbocycles. The number of nitrogens with one attached hydrogen (secondary N) is 4. The molecule has 0 aromatic heterocycles. The van der Waals surface area contributed by atoms with Gasteiger partial charge in [0.25, 0.3) is 0 Å². The lowest BCUT2D eigenvalue weighted by Gasteiger charge is -2.36. The van der Waals surface area contributed by atoms with Crippen molar-refractivity contribution in [1.82, 2.24) is 20.3 Å². The van der Waals surface area contributed by atoms with Crippen molar-refractivity contribution in [3.63, 3.8) is 0 Å². The molecule has 198 valence electrons. The molecule has 0 radical (unpaired) electrons. The van der Waals surface area contributed by atoms with Crippen molar-refractivity contribution in [2.45, 2.75) is 71.1 Å². The third-order valence-corrected chi connectivity index (χ3v) is 7.58. The Morgan fingerprint density at radius 3 is 2.69 bits per heavy atom. The highest BCUT2D eigenvalue weighted by atomic mass is 32.2. The summed E-state index contributed by atoms with van der Waals surface area (Å²) in [6.07, 6.45) is 10.1. The average Bonchev–Trinajstić information content (AvgIpc) is 2.93. The molecule has 1 fully saturated rings. The molecule has 3 unspecified atom stereocenters. The van der Waals surface area contributed by atoms with Crippen LogP contribution in [0.5, 0.6) is 0 Å². The van der Waals surface area contributed by atoms with Crippen LogP contribution < -0.4 is 15.4 Å². The Bertz CT molecular complexity index is 953. The third-order valence-electron chi connectivity index (χ3n) is 5.78. The number of methoxy groups -OCH3 is 1. The van der Waals surface area contributed by atoms with E-state index in [1.54, 1.807) is 19.1 Å². The Morgan fingerprint density at radius 1 is 1.43 bits per heavy atom. The summed E-state index contributed by atoms with van der Waals surface area (Å²) in [5, 5.41) is 24.6. The second-order valence-corrected chi connectivity index (χ2v) is 10.2. The maximum Gasteiger partial charge on any atom is 0.244 e. The van der Waals surface area contributed by atoms with Crippen LogP contribution in [0.2, 0.25) is 0 Å². The van der Waals surface area contributed by atoms with E-state index in [0.29, 0.717) is 30.7 Å². The van der Waals surface area contributed by atoms with Gasteiger partial charge < -0.3 is 14.7 Å². The van der Waals surface area contributed by atoms with E-state index in [0.717, 1.165) is 17.7 Å². The Hall–Kier alpha value is -2.40. The molecular formula is C25H43N5O4S. The first-order valence-electron chi connectivity index (χ1n) is 11.9. The Kier molecular flexibility index (Phi) is 13.0. The monoisotopic (exact) mass is 509 g/mol. The van der Waals surface area contributed by atoms with Gasteiger partial charge in [-0.25, -0.2) is 8.42 Å². The highest BCUT2D eigenvalue weighted by Crippen LogP contribution is 2.25. The molecule has 0 spiro atoms. The van der Waals surface area contributed by atoms with Crippen molar-refractivity contribution < 1.29 is 18.3 Å². The number of unbranched alkanes of at least 4 members (excludes halogenated alkanes) is 1. The smallest absolute Gasteiger partial charge is 0.244 e. The van der Waals surface area contributed by atoms with E-state index in [9.17, 15) is 13.5 Å². The molecule has 35 heavy (non-hydrogen) atoms. The molecule has 1 heterocycles. The Labute approximate surface area is 211 Å². The summed E-state index contributed by atoms with van der Waals surface area (Å²) in [4.78, 5) is 1.84. The summed E-state index contributed by atoms with van der Waals surface area (Å²) in [7, 11) is -0.746. The summed E-state index contributed by atoms with van der Waals surface area (Å²) >= 11 is 0. The van der Waals surface area contributed by atoms with E-state index in [1.807, 2.05) is 50.9 Å². The minimum absolute atomic E-state index is 0.196. The molecule has 1 aliphatic rings. The van der Waals surface area contributed by atoms with Crippen molar-refractivity contribution in [3.8, 4) is 0 Å². The first-order chi connectivity index (χ1) is 16.5. The molecule has 0 saturated carbocycles. The average molecular weight is 510 g/mol. The molecule has 5 N–H and O–H groups in total. The van der Waals surface area contributed by atoms with Gasteiger partial charge >= 0.3 is 0 Å². The lowest BCUT2D eigenvalue weighted by Crippen LogP contribution is -2.55. The van der Waals surface area contributed by atoms with Crippen LogP contribution in [0, 0.1) is 5.41 Å². The standard InChI is InChI=1S/C25H43N5O4S/c1-8-10-11-14-19(4)29-35(32,33)22(23(26)34-7)16-13-12-15-21-18(3)17-28-25(27-6)30(24(21)31)20(5)9-2/h9-11,14-15,22,24-29,31H,3,8,12-13,16-17H2,1-2,4-7H3/b11-10?,19-14+,20-9?,21-15?,26-23?. The number of allylic oxidation sites excluding steroid dienone is 7. The van der Waals surface area contributed by atoms with Crippen molar-refractivity contribution in [2.24, 2.45) is 0 Å². The molecule has 0 bridgehead atoms. The van der Waals surface area contributed by atoms with Crippen molar-refractivity contribution >= 4 is 15.9 Å². The fourth-order valence-corrected chi connectivity index (χ4v) is 5.24. The summed E-state index contributed by atoms with van der Waals surface area (Å²) in [6, 6.07) is 0. The fraction of sp³-hybridized carbons (Fsp3) is 0.560. The molecule has 0 aromatic rings. The minimum Gasteiger partial charge on any atom is -0.483 e. The molecule has 1 aliphatic heterocycles. The molecule has 0 aliphatic carbocycles. The van der Waals surface area contributed by atoms with Gasteiger partial charge in [-0.05, 0) is 65.2 Å². The SMILES string of the molecule is C=C1CNC(NC)N(C(C)=CC)C(O)C1=CCCCC(C(=N)OC)S(=O)(=O)N/C(C)=C/C=CCC. The Balaban J connectivity index is 3.01. The number of nitrogens with zero attached hydrogens (tertiary/aromatic N) is 1. The number of aliphatic hydroxyl groups excluding tert-OH is 1. The topological polar surface area (TPSA) is 127 Å². The summed E-state index contributed by atoms with van der Waals surface area (Å²) in [5.74, 6) is -0.308. The van der Waals surface area contributed by atoms with Gasteiger partial charge in [-0.1, -0.05) is 37.8 Å². The van der Waals surface area contributed by atoms with E-state index in [4.69, 9.17) is 10.1 Å². The fourth-order valence-electron chi connectivity index (χ4n) is 3.73. The van der Waals surface area contributed by atoms with Crippen molar-refractivity contribution in [3.05, 3.63) is 59.5 Å². The van der Waals surface area contributed by atoms with Gasteiger partial charge in [0.1, 0.15) is 6.29 Å². The molecule has 0 amide bonds.